The highest BCUT2D eigenvalue weighted by Crippen LogP contribution is 2.10. The van der Waals surface area contributed by atoms with Crippen LogP contribution in [-0.4, -0.2) is 22.5 Å². The first-order valence-corrected chi connectivity index (χ1v) is 5.93. The van der Waals surface area contributed by atoms with Crippen LogP contribution < -0.4 is 11.1 Å². The van der Waals surface area contributed by atoms with Crippen LogP contribution in [0.2, 0.25) is 0 Å². The predicted octanol–water partition coefficient (Wildman–Crippen LogP) is 1.34. The highest BCUT2D eigenvalue weighted by atomic mass is 16.3. The van der Waals surface area contributed by atoms with Crippen molar-refractivity contribution in [2.45, 2.75) is 6.42 Å². The number of aromatic hydroxyl groups is 1. The Morgan fingerprint density at radius 2 is 2.00 bits per heavy atom. The third kappa shape index (κ3) is 3.45. The summed E-state index contributed by atoms with van der Waals surface area (Å²) in [4.78, 5) is 15.8. The monoisotopic (exact) mass is 257 g/mol. The first-order chi connectivity index (χ1) is 9.16. The summed E-state index contributed by atoms with van der Waals surface area (Å²) in [7, 11) is 0. The van der Waals surface area contributed by atoms with Gasteiger partial charge in [0.15, 0.2) is 5.69 Å². The zero-order chi connectivity index (χ0) is 13.7. The molecule has 98 valence electrons. The fourth-order valence-corrected chi connectivity index (χ4v) is 1.67. The Bertz CT molecular complexity index is 567. The lowest BCUT2D eigenvalue weighted by Crippen LogP contribution is -2.27. The summed E-state index contributed by atoms with van der Waals surface area (Å²) in [5.74, 6) is -0.0501. The number of benzene rings is 1. The number of pyridine rings is 1. The minimum Gasteiger partial charge on any atom is -0.508 e. The minimum absolute atomic E-state index is 0.231. The van der Waals surface area contributed by atoms with Gasteiger partial charge in [0, 0.05) is 12.7 Å². The molecule has 2 aromatic rings. The Kier molecular flexibility index (Phi) is 3.97. The van der Waals surface area contributed by atoms with Crippen molar-refractivity contribution in [1.29, 1.82) is 0 Å². The van der Waals surface area contributed by atoms with Crippen LogP contribution in [0, 0.1) is 0 Å². The van der Waals surface area contributed by atoms with E-state index in [2.05, 4.69) is 10.3 Å². The zero-order valence-corrected chi connectivity index (χ0v) is 10.3. The number of nitrogens with zero attached hydrogens (tertiary/aromatic N) is 1. The fourth-order valence-electron chi connectivity index (χ4n) is 1.67. The van der Waals surface area contributed by atoms with E-state index in [-0.39, 0.29) is 17.4 Å². The van der Waals surface area contributed by atoms with Crippen molar-refractivity contribution in [3.63, 3.8) is 0 Å². The molecule has 1 aromatic carbocycles. The number of aromatic nitrogens is 1. The van der Waals surface area contributed by atoms with E-state index in [4.69, 9.17) is 10.8 Å². The van der Waals surface area contributed by atoms with E-state index in [0.29, 0.717) is 18.7 Å². The molecule has 0 saturated carbocycles. The normalized spacial score (nSPS) is 10.1. The van der Waals surface area contributed by atoms with Gasteiger partial charge in [0.05, 0.1) is 5.69 Å². The Balaban J connectivity index is 1.88. The van der Waals surface area contributed by atoms with Crippen molar-refractivity contribution in [2.24, 2.45) is 0 Å². The smallest absolute Gasteiger partial charge is 0.272 e. The number of rotatable bonds is 4. The number of carbonyl (C=O) groups is 1. The molecule has 0 bridgehead atoms. The lowest BCUT2D eigenvalue weighted by molar-refractivity contribution is 0.0950. The van der Waals surface area contributed by atoms with Gasteiger partial charge in [-0.25, -0.2) is 4.98 Å². The van der Waals surface area contributed by atoms with E-state index in [1.54, 1.807) is 24.3 Å². The minimum atomic E-state index is -0.281. The van der Waals surface area contributed by atoms with Crippen LogP contribution in [0.25, 0.3) is 0 Å². The molecular formula is C14H15N3O2. The summed E-state index contributed by atoms with van der Waals surface area (Å²) in [5, 5.41) is 11.9. The summed E-state index contributed by atoms with van der Waals surface area (Å²) in [5.41, 5.74) is 7.31. The van der Waals surface area contributed by atoms with E-state index in [0.717, 1.165) is 5.56 Å². The number of nitrogens with one attached hydrogen (secondary N) is 1. The second-order valence-corrected chi connectivity index (χ2v) is 4.11. The van der Waals surface area contributed by atoms with Crippen molar-refractivity contribution in [3.8, 4) is 5.75 Å². The number of hydrogen-bond donors (Lipinski definition) is 3. The molecule has 0 aliphatic heterocycles. The molecule has 0 atom stereocenters. The molecule has 1 amide bonds. The summed E-state index contributed by atoms with van der Waals surface area (Å²) in [6.45, 7) is 0.486. The van der Waals surface area contributed by atoms with Gasteiger partial charge in [-0.1, -0.05) is 12.1 Å². The third-order valence-corrected chi connectivity index (χ3v) is 2.69. The van der Waals surface area contributed by atoms with E-state index < -0.39 is 0 Å². The van der Waals surface area contributed by atoms with E-state index in [9.17, 15) is 4.79 Å². The average Bonchev–Trinajstić information content (AvgIpc) is 2.41. The molecule has 0 aliphatic rings. The summed E-state index contributed by atoms with van der Waals surface area (Å²) < 4.78 is 0. The molecule has 0 spiro atoms. The average molecular weight is 257 g/mol. The molecule has 0 fully saturated rings. The maximum atomic E-state index is 11.8. The molecule has 19 heavy (non-hydrogen) atoms. The SMILES string of the molecule is Nc1cccnc1C(=O)NCCc1ccc(O)cc1. The summed E-state index contributed by atoms with van der Waals surface area (Å²) in [6, 6.07) is 10.2. The van der Waals surface area contributed by atoms with Crippen LogP contribution >= 0.6 is 0 Å². The summed E-state index contributed by atoms with van der Waals surface area (Å²) in [6.07, 6.45) is 2.21. The van der Waals surface area contributed by atoms with Gasteiger partial charge >= 0.3 is 0 Å². The van der Waals surface area contributed by atoms with Crippen molar-refractivity contribution >= 4 is 11.6 Å². The first kappa shape index (κ1) is 12.9. The van der Waals surface area contributed by atoms with Crippen LogP contribution in [0.4, 0.5) is 5.69 Å². The number of carbonyl (C=O) groups excluding carboxylic acids is 1. The molecule has 0 radical (unpaired) electrons. The largest absolute Gasteiger partial charge is 0.508 e. The Morgan fingerprint density at radius 1 is 1.26 bits per heavy atom. The van der Waals surface area contributed by atoms with Crippen molar-refractivity contribution < 1.29 is 9.90 Å². The van der Waals surface area contributed by atoms with Gasteiger partial charge < -0.3 is 16.2 Å². The fraction of sp³-hybridized carbons (Fsp3) is 0.143. The van der Waals surface area contributed by atoms with E-state index in [1.165, 1.54) is 6.20 Å². The highest BCUT2D eigenvalue weighted by Gasteiger charge is 2.09. The zero-order valence-electron chi connectivity index (χ0n) is 10.3. The number of phenolic OH excluding ortho intramolecular Hbond substituents is 1. The Morgan fingerprint density at radius 3 is 2.68 bits per heavy atom. The maximum Gasteiger partial charge on any atom is 0.272 e. The molecule has 1 aromatic heterocycles. The highest BCUT2D eigenvalue weighted by molar-refractivity contribution is 5.96. The topological polar surface area (TPSA) is 88.2 Å². The first-order valence-electron chi connectivity index (χ1n) is 5.93. The second-order valence-electron chi connectivity index (χ2n) is 4.11. The van der Waals surface area contributed by atoms with Crippen LogP contribution in [0.1, 0.15) is 16.1 Å². The molecule has 4 N–H and O–H groups in total. The lowest BCUT2D eigenvalue weighted by Gasteiger charge is -2.06. The van der Waals surface area contributed by atoms with Gasteiger partial charge in [-0.15, -0.1) is 0 Å². The quantitative estimate of drug-likeness (QED) is 0.771. The molecule has 2 rings (SSSR count). The van der Waals surface area contributed by atoms with Gasteiger partial charge in [-0.3, -0.25) is 4.79 Å². The van der Waals surface area contributed by atoms with Crippen LogP contribution in [0.3, 0.4) is 0 Å². The summed E-state index contributed by atoms with van der Waals surface area (Å²) >= 11 is 0. The molecule has 5 heteroatoms. The van der Waals surface area contributed by atoms with E-state index in [1.807, 2.05) is 12.1 Å². The van der Waals surface area contributed by atoms with Gasteiger partial charge in [0.1, 0.15) is 5.75 Å². The number of anilines is 1. The second kappa shape index (κ2) is 5.86. The third-order valence-electron chi connectivity index (χ3n) is 2.69. The molecule has 0 unspecified atom stereocenters. The predicted molar refractivity (Wildman–Crippen MR) is 72.8 cm³/mol. The Labute approximate surface area is 111 Å². The van der Waals surface area contributed by atoms with Gasteiger partial charge in [0.2, 0.25) is 0 Å². The van der Waals surface area contributed by atoms with Crippen LogP contribution in [-0.2, 0) is 6.42 Å². The van der Waals surface area contributed by atoms with Crippen LogP contribution in [0.15, 0.2) is 42.6 Å². The Hall–Kier alpha value is -2.56. The number of nitrogens with two attached hydrogens (primary N) is 1. The number of amides is 1. The van der Waals surface area contributed by atoms with Gasteiger partial charge in [-0.05, 0) is 36.2 Å². The van der Waals surface area contributed by atoms with E-state index >= 15 is 0 Å². The van der Waals surface area contributed by atoms with Gasteiger partial charge in [0.25, 0.3) is 5.91 Å². The molecule has 5 nitrogen and oxygen atoms in total. The lowest BCUT2D eigenvalue weighted by atomic mass is 10.1. The van der Waals surface area contributed by atoms with Crippen LogP contribution in [0.5, 0.6) is 5.75 Å². The molecule has 1 heterocycles. The van der Waals surface area contributed by atoms with Crippen molar-refractivity contribution in [2.75, 3.05) is 12.3 Å². The molecular weight excluding hydrogens is 242 g/mol. The van der Waals surface area contributed by atoms with Gasteiger partial charge in [-0.2, -0.15) is 0 Å². The molecule has 0 aliphatic carbocycles. The molecule has 0 saturated heterocycles. The van der Waals surface area contributed by atoms with Crippen molar-refractivity contribution in [1.82, 2.24) is 10.3 Å². The number of phenols is 1. The van der Waals surface area contributed by atoms with Crippen molar-refractivity contribution in [3.05, 3.63) is 53.9 Å². The number of nitrogen functional groups attached to an aromatic ring is 1. The standard InChI is InChI=1S/C14H15N3O2/c15-12-2-1-8-16-13(12)14(19)17-9-7-10-3-5-11(18)6-4-10/h1-6,8,18H,7,9,15H2,(H,17,19). The maximum absolute atomic E-state index is 11.8. The number of hydrogen-bond acceptors (Lipinski definition) is 4.